The van der Waals surface area contributed by atoms with Crippen LogP contribution in [0.1, 0.15) is 77.2 Å². The van der Waals surface area contributed by atoms with E-state index in [0.29, 0.717) is 0 Å². The molecule has 3 atom stereocenters. The number of methoxy groups -OCH3 is 1. The van der Waals surface area contributed by atoms with Crippen LogP contribution in [0.25, 0.3) is 0 Å². The summed E-state index contributed by atoms with van der Waals surface area (Å²) < 4.78 is 5.63. The van der Waals surface area contributed by atoms with Gasteiger partial charge in [-0.15, -0.1) is 0 Å². The second-order valence-corrected chi connectivity index (χ2v) is 6.51. The van der Waals surface area contributed by atoms with Crippen LogP contribution < -0.4 is 0 Å². The molecule has 0 amide bonds. The maximum atomic E-state index is 13.5. The molecule has 3 unspecified atom stereocenters. The van der Waals surface area contributed by atoms with Gasteiger partial charge in [0.25, 0.3) is 0 Å². The highest BCUT2D eigenvalue weighted by atomic mass is 16.5. The lowest BCUT2D eigenvalue weighted by molar-refractivity contribution is -0.141. The van der Waals surface area contributed by atoms with Crippen molar-refractivity contribution in [3.8, 4) is 0 Å². The molecule has 0 bridgehead atoms. The van der Waals surface area contributed by atoms with E-state index in [0.717, 1.165) is 31.2 Å². The Hall–Kier alpha value is -0.860. The smallest absolute Gasteiger partial charge is 0.133 e. The zero-order chi connectivity index (χ0) is 16.4. The van der Waals surface area contributed by atoms with E-state index in [-0.39, 0.29) is 12.0 Å². The van der Waals surface area contributed by atoms with Gasteiger partial charge < -0.3 is 4.74 Å². The van der Waals surface area contributed by atoms with Crippen molar-refractivity contribution in [3.05, 3.63) is 35.9 Å². The van der Waals surface area contributed by atoms with Gasteiger partial charge in [-0.2, -0.15) is 0 Å². The fourth-order valence-corrected chi connectivity index (χ4v) is 3.38. The topological polar surface area (TPSA) is 29.1 Å². The van der Waals surface area contributed by atoms with E-state index in [9.17, 15) is 5.11 Å². The Morgan fingerprint density at radius 2 is 1.68 bits per heavy atom. The van der Waals surface area contributed by atoms with Gasteiger partial charge in [0.05, 0.1) is 6.10 Å². The highest BCUT2D eigenvalue weighted by molar-refractivity contribution is 5.23. The minimum atomic E-state index is -1.08. The van der Waals surface area contributed by atoms with Gasteiger partial charge in [-0.05, 0) is 25.3 Å². The molecule has 0 N–H and O–H groups in total. The van der Waals surface area contributed by atoms with Crippen LogP contribution in [-0.4, -0.2) is 18.8 Å². The molecule has 1 aromatic rings. The van der Waals surface area contributed by atoms with Crippen LogP contribution in [0.3, 0.4) is 0 Å². The predicted octanol–water partition coefficient (Wildman–Crippen LogP) is 5.74. The highest BCUT2D eigenvalue weighted by Crippen LogP contribution is 2.38. The molecule has 0 spiro atoms. The predicted molar refractivity (Wildman–Crippen MR) is 92.7 cm³/mol. The average molecular weight is 305 g/mol. The van der Waals surface area contributed by atoms with Crippen LogP contribution in [0, 0.1) is 0 Å². The van der Waals surface area contributed by atoms with Gasteiger partial charge in [0.2, 0.25) is 0 Å². The summed E-state index contributed by atoms with van der Waals surface area (Å²) in [5, 5.41) is 13.5. The molecule has 2 heteroatoms. The third kappa shape index (κ3) is 5.40. The van der Waals surface area contributed by atoms with Crippen molar-refractivity contribution in [1.29, 1.82) is 0 Å². The van der Waals surface area contributed by atoms with Crippen molar-refractivity contribution < 1.29 is 9.84 Å². The minimum Gasteiger partial charge on any atom is -0.378 e. The van der Waals surface area contributed by atoms with Crippen LogP contribution in [-0.2, 0) is 9.84 Å². The Kier molecular flexibility index (Phi) is 8.74. The number of hydrogen-bond donors (Lipinski definition) is 0. The maximum absolute atomic E-state index is 13.5. The molecule has 2 nitrogen and oxygen atoms in total. The van der Waals surface area contributed by atoms with Crippen molar-refractivity contribution in [3.63, 3.8) is 0 Å². The van der Waals surface area contributed by atoms with Crippen LogP contribution >= 0.6 is 0 Å². The van der Waals surface area contributed by atoms with E-state index < -0.39 is 5.60 Å². The van der Waals surface area contributed by atoms with Crippen molar-refractivity contribution in [2.24, 2.45) is 0 Å². The molecule has 22 heavy (non-hydrogen) atoms. The van der Waals surface area contributed by atoms with Crippen molar-refractivity contribution in [2.45, 2.75) is 83.3 Å². The summed E-state index contributed by atoms with van der Waals surface area (Å²) in [6, 6.07) is 10.2. The van der Waals surface area contributed by atoms with E-state index in [1.165, 1.54) is 19.3 Å². The Morgan fingerprint density at radius 1 is 1.00 bits per heavy atom. The number of benzene rings is 1. The molecule has 0 aromatic heterocycles. The van der Waals surface area contributed by atoms with Gasteiger partial charge in [0.1, 0.15) is 5.60 Å². The van der Waals surface area contributed by atoms with E-state index in [4.69, 9.17) is 4.74 Å². The first-order valence-corrected chi connectivity index (χ1v) is 8.86. The lowest BCUT2D eigenvalue weighted by Crippen LogP contribution is -2.44. The first-order chi connectivity index (χ1) is 10.6. The molecule has 0 saturated carbocycles. The molecule has 125 valence electrons. The molecule has 1 radical (unpaired) electrons. The Labute approximate surface area is 136 Å². The van der Waals surface area contributed by atoms with E-state index in [1.54, 1.807) is 7.11 Å². The third-order valence-electron chi connectivity index (χ3n) is 4.71. The second kappa shape index (κ2) is 10.0. The number of rotatable bonds is 11. The summed E-state index contributed by atoms with van der Waals surface area (Å²) in [7, 11) is 1.69. The van der Waals surface area contributed by atoms with Crippen molar-refractivity contribution >= 4 is 0 Å². The van der Waals surface area contributed by atoms with Crippen LogP contribution in [0.15, 0.2) is 30.3 Å². The molecule has 1 rings (SSSR count). The van der Waals surface area contributed by atoms with Gasteiger partial charge in [-0.3, -0.25) is 0 Å². The van der Waals surface area contributed by atoms with E-state index in [2.05, 4.69) is 26.0 Å². The van der Waals surface area contributed by atoms with Gasteiger partial charge >= 0.3 is 0 Å². The summed E-state index contributed by atoms with van der Waals surface area (Å²) in [5.41, 5.74) is 0.0654. The summed E-state index contributed by atoms with van der Waals surface area (Å²) in [5.74, 6) is 0.00910. The third-order valence-corrected chi connectivity index (χ3v) is 4.71. The number of hydrogen-bond acceptors (Lipinski definition) is 1. The molecule has 0 aliphatic rings. The zero-order valence-electron chi connectivity index (χ0n) is 14.8. The number of unbranched alkanes of at least 4 members (excludes halogenated alkanes) is 3. The summed E-state index contributed by atoms with van der Waals surface area (Å²) in [6.45, 7) is 6.20. The molecule has 0 aliphatic heterocycles. The van der Waals surface area contributed by atoms with Crippen LogP contribution in [0.2, 0.25) is 0 Å². The fraction of sp³-hybridized carbons (Fsp3) is 0.700. The lowest BCUT2D eigenvalue weighted by Gasteiger charge is -2.37. The Morgan fingerprint density at radius 3 is 2.23 bits per heavy atom. The quantitative estimate of drug-likeness (QED) is 0.479. The minimum absolute atomic E-state index is 0.00910. The SMILES string of the molecule is CCCCCCC(OC)C(C)([O])C(CCC)c1ccccc1. The first kappa shape index (κ1) is 19.2. The average Bonchev–Trinajstić information content (AvgIpc) is 2.53. The normalized spacial score (nSPS) is 17.0. The summed E-state index contributed by atoms with van der Waals surface area (Å²) >= 11 is 0. The summed E-state index contributed by atoms with van der Waals surface area (Å²) in [6.07, 6.45) is 7.30. The van der Waals surface area contributed by atoms with E-state index in [1.807, 2.05) is 25.1 Å². The highest BCUT2D eigenvalue weighted by Gasteiger charge is 2.41. The zero-order valence-corrected chi connectivity index (χ0v) is 14.8. The Balaban J connectivity index is 2.84. The molecule has 0 saturated heterocycles. The second-order valence-electron chi connectivity index (χ2n) is 6.51. The van der Waals surface area contributed by atoms with Gasteiger partial charge in [-0.1, -0.05) is 76.3 Å². The first-order valence-electron chi connectivity index (χ1n) is 8.86. The van der Waals surface area contributed by atoms with Gasteiger partial charge in [0.15, 0.2) is 0 Å². The monoisotopic (exact) mass is 305 g/mol. The molecular weight excluding hydrogens is 272 g/mol. The molecular formula is C20H33O2. The van der Waals surface area contributed by atoms with E-state index >= 15 is 0 Å². The van der Waals surface area contributed by atoms with Crippen LogP contribution in [0.4, 0.5) is 0 Å². The van der Waals surface area contributed by atoms with Gasteiger partial charge in [0, 0.05) is 13.0 Å². The summed E-state index contributed by atoms with van der Waals surface area (Å²) in [4.78, 5) is 0. The van der Waals surface area contributed by atoms with Gasteiger partial charge in [-0.25, -0.2) is 5.11 Å². The standard InChI is InChI=1S/C20H33O2/c1-5-7-8-12-16-19(22-4)20(3,21)18(13-6-2)17-14-10-9-11-15-17/h9-11,14-15,18-19H,5-8,12-13,16H2,1-4H3. The van der Waals surface area contributed by atoms with Crippen molar-refractivity contribution in [2.75, 3.05) is 7.11 Å². The largest absolute Gasteiger partial charge is 0.378 e. The molecule has 0 heterocycles. The fourth-order valence-electron chi connectivity index (χ4n) is 3.38. The molecule has 0 fully saturated rings. The Bertz CT molecular complexity index is 386. The maximum Gasteiger partial charge on any atom is 0.133 e. The molecule has 1 aromatic carbocycles. The van der Waals surface area contributed by atoms with Crippen molar-refractivity contribution in [1.82, 2.24) is 0 Å². The van der Waals surface area contributed by atoms with Crippen LogP contribution in [0.5, 0.6) is 0 Å². The molecule has 0 aliphatic carbocycles. The number of ether oxygens (including phenoxy) is 1. The lowest BCUT2D eigenvalue weighted by atomic mass is 9.76.